The zero-order valence-corrected chi connectivity index (χ0v) is 10.1. The van der Waals surface area contributed by atoms with E-state index in [0.29, 0.717) is 11.1 Å². The van der Waals surface area contributed by atoms with Crippen molar-refractivity contribution in [1.82, 2.24) is 5.32 Å². The van der Waals surface area contributed by atoms with Gasteiger partial charge in [-0.25, -0.2) is 0 Å². The molecule has 0 spiro atoms. The van der Waals surface area contributed by atoms with Gasteiger partial charge in [-0.3, -0.25) is 10.1 Å². The Kier molecular flexibility index (Phi) is 3.52. The summed E-state index contributed by atoms with van der Waals surface area (Å²) in [5.74, 6) is 0. The van der Waals surface area contributed by atoms with E-state index in [-0.39, 0.29) is 11.8 Å². The topological polar surface area (TPSA) is 64.4 Å². The fraction of sp³-hybridized carbons (Fsp3) is 0.400. The summed E-state index contributed by atoms with van der Waals surface area (Å²) in [7, 11) is 0. The predicted octanol–water partition coefficient (Wildman–Crippen LogP) is 1.85. The zero-order valence-electron chi connectivity index (χ0n) is 8.48. The second-order valence-corrected chi connectivity index (χ2v) is 4.48. The van der Waals surface area contributed by atoms with Crippen LogP contribution in [-0.4, -0.2) is 24.1 Å². The Balaban J connectivity index is 2.00. The average molecular weight is 287 g/mol. The molecular weight excluding hydrogens is 276 g/mol. The number of halogens is 1. The number of benzene rings is 1. The SMILES string of the molecule is O=[N+]([O-])c1ccc(COC2CNC2)c(Br)c1. The quantitative estimate of drug-likeness (QED) is 0.678. The van der Waals surface area contributed by atoms with E-state index < -0.39 is 4.92 Å². The van der Waals surface area contributed by atoms with Gasteiger partial charge in [0, 0.05) is 29.7 Å². The summed E-state index contributed by atoms with van der Waals surface area (Å²) in [6, 6.07) is 4.70. The van der Waals surface area contributed by atoms with Crippen LogP contribution < -0.4 is 5.32 Å². The Morgan fingerprint density at radius 3 is 2.81 bits per heavy atom. The van der Waals surface area contributed by atoms with E-state index in [1.165, 1.54) is 12.1 Å². The molecule has 1 fully saturated rings. The highest BCUT2D eigenvalue weighted by atomic mass is 79.9. The molecule has 1 aromatic rings. The highest BCUT2D eigenvalue weighted by Crippen LogP contribution is 2.24. The minimum absolute atomic E-state index is 0.0842. The van der Waals surface area contributed by atoms with Gasteiger partial charge in [-0.2, -0.15) is 0 Å². The van der Waals surface area contributed by atoms with E-state index >= 15 is 0 Å². The summed E-state index contributed by atoms with van der Waals surface area (Å²) in [5, 5.41) is 13.6. The van der Waals surface area contributed by atoms with Crippen LogP contribution in [0.25, 0.3) is 0 Å². The van der Waals surface area contributed by atoms with Gasteiger partial charge in [-0.05, 0) is 11.6 Å². The minimum atomic E-state index is -0.411. The molecule has 0 radical (unpaired) electrons. The lowest BCUT2D eigenvalue weighted by Crippen LogP contribution is -2.48. The molecule has 1 heterocycles. The van der Waals surface area contributed by atoms with Crippen LogP contribution in [0, 0.1) is 10.1 Å². The number of rotatable bonds is 4. The Labute approximate surface area is 101 Å². The smallest absolute Gasteiger partial charge is 0.270 e. The molecule has 0 amide bonds. The fourth-order valence-corrected chi connectivity index (χ4v) is 1.84. The largest absolute Gasteiger partial charge is 0.371 e. The maximum atomic E-state index is 10.5. The second-order valence-electron chi connectivity index (χ2n) is 3.62. The third-order valence-electron chi connectivity index (χ3n) is 2.47. The van der Waals surface area contributed by atoms with Crippen molar-refractivity contribution in [1.29, 1.82) is 0 Å². The van der Waals surface area contributed by atoms with E-state index in [1.807, 2.05) is 0 Å². The first-order valence-electron chi connectivity index (χ1n) is 4.92. The van der Waals surface area contributed by atoms with Crippen molar-refractivity contribution in [3.8, 4) is 0 Å². The van der Waals surface area contributed by atoms with Crippen LogP contribution in [0.15, 0.2) is 22.7 Å². The number of hydrogen-bond acceptors (Lipinski definition) is 4. The number of nitro benzene ring substituents is 1. The lowest BCUT2D eigenvalue weighted by atomic mass is 10.2. The molecule has 0 saturated carbocycles. The van der Waals surface area contributed by atoms with Gasteiger partial charge >= 0.3 is 0 Å². The number of nitrogens with zero attached hydrogens (tertiary/aromatic N) is 1. The molecule has 2 rings (SSSR count). The molecule has 0 bridgehead atoms. The third kappa shape index (κ3) is 2.58. The predicted molar refractivity (Wildman–Crippen MR) is 62.2 cm³/mol. The van der Waals surface area contributed by atoms with Crippen LogP contribution in [0.4, 0.5) is 5.69 Å². The van der Waals surface area contributed by atoms with Crippen LogP contribution in [0.2, 0.25) is 0 Å². The molecule has 1 N–H and O–H groups in total. The van der Waals surface area contributed by atoms with Gasteiger partial charge in [0.1, 0.15) is 0 Å². The molecule has 0 aliphatic carbocycles. The molecule has 86 valence electrons. The van der Waals surface area contributed by atoms with Gasteiger partial charge in [-0.1, -0.05) is 15.9 Å². The van der Waals surface area contributed by atoms with Crippen molar-refractivity contribution in [3.63, 3.8) is 0 Å². The van der Waals surface area contributed by atoms with Gasteiger partial charge in [0.15, 0.2) is 0 Å². The number of hydrogen-bond donors (Lipinski definition) is 1. The van der Waals surface area contributed by atoms with Gasteiger partial charge in [0.25, 0.3) is 5.69 Å². The summed E-state index contributed by atoms with van der Waals surface area (Å²) in [6.07, 6.45) is 0.266. The van der Waals surface area contributed by atoms with Crippen LogP contribution in [0.3, 0.4) is 0 Å². The van der Waals surface area contributed by atoms with Crippen molar-refractivity contribution in [2.75, 3.05) is 13.1 Å². The second kappa shape index (κ2) is 4.90. The van der Waals surface area contributed by atoms with E-state index in [9.17, 15) is 10.1 Å². The Bertz CT molecular complexity index is 407. The van der Waals surface area contributed by atoms with Crippen molar-refractivity contribution < 1.29 is 9.66 Å². The lowest BCUT2D eigenvalue weighted by molar-refractivity contribution is -0.384. The summed E-state index contributed by atoms with van der Waals surface area (Å²) in [4.78, 5) is 10.1. The fourth-order valence-electron chi connectivity index (χ4n) is 1.35. The molecule has 16 heavy (non-hydrogen) atoms. The van der Waals surface area contributed by atoms with Gasteiger partial charge in [0.2, 0.25) is 0 Å². The summed E-state index contributed by atoms with van der Waals surface area (Å²) in [5.41, 5.74) is 1.01. The van der Waals surface area contributed by atoms with Crippen LogP contribution in [-0.2, 0) is 11.3 Å². The van der Waals surface area contributed by atoms with Gasteiger partial charge < -0.3 is 10.1 Å². The van der Waals surface area contributed by atoms with Gasteiger partial charge in [-0.15, -0.1) is 0 Å². The summed E-state index contributed by atoms with van der Waals surface area (Å²) in [6.45, 7) is 2.24. The van der Waals surface area contributed by atoms with E-state index in [1.54, 1.807) is 6.07 Å². The monoisotopic (exact) mass is 286 g/mol. The number of non-ortho nitro benzene ring substituents is 1. The molecule has 5 nitrogen and oxygen atoms in total. The van der Waals surface area contributed by atoms with Crippen molar-refractivity contribution >= 4 is 21.6 Å². The number of ether oxygens (including phenoxy) is 1. The van der Waals surface area contributed by atoms with Crippen molar-refractivity contribution in [2.45, 2.75) is 12.7 Å². The van der Waals surface area contributed by atoms with Crippen molar-refractivity contribution in [2.24, 2.45) is 0 Å². The Morgan fingerprint density at radius 1 is 1.56 bits per heavy atom. The highest BCUT2D eigenvalue weighted by molar-refractivity contribution is 9.10. The maximum absolute atomic E-state index is 10.5. The molecule has 0 atom stereocenters. The van der Waals surface area contributed by atoms with E-state index in [4.69, 9.17) is 4.74 Å². The van der Waals surface area contributed by atoms with Crippen LogP contribution >= 0.6 is 15.9 Å². The molecule has 0 aromatic heterocycles. The molecule has 1 aliphatic rings. The standard InChI is InChI=1S/C10H11BrN2O3/c11-10-3-8(13(14)15)2-1-7(10)6-16-9-4-12-5-9/h1-3,9,12H,4-6H2. The summed E-state index contributed by atoms with van der Waals surface area (Å²) >= 11 is 3.31. The third-order valence-corrected chi connectivity index (χ3v) is 3.20. The zero-order chi connectivity index (χ0) is 11.5. The molecule has 1 aromatic carbocycles. The summed E-state index contributed by atoms with van der Waals surface area (Å²) < 4.78 is 6.30. The first-order valence-corrected chi connectivity index (χ1v) is 5.71. The Morgan fingerprint density at radius 2 is 2.31 bits per heavy atom. The number of nitro groups is 1. The first-order chi connectivity index (χ1) is 7.66. The molecule has 0 unspecified atom stereocenters. The Hall–Kier alpha value is -0.980. The van der Waals surface area contributed by atoms with Crippen molar-refractivity contribution in [3.05, 3.63) is 38.3 Å². The normalized spacial score (nSPS) is 15.8. The van der Waals surface area contributed by atoms with E-state index in [2.05, 4.69) is 21.2 Å². The van der Waals surface area contributed by atoms with E-state index in [0.717, 1.165) is 18.7 Å². The van der Waals surface area contributed by atoms with Crippen LogP contribution in [0.1, 0.15) is 5.56 Å². The van der Waals surface area contributed by atoms with Crippen LogP contribution in [0.5, 0.6) is 0 Å². The van der Waals surface area contributed by atoms with Gasteiger partial charge in [0.05, 0.1) is 17.6 Å². The molecule has 1 aliphatic heterocycles. The number of nitrogens with one attached hydrogen (secondary N) is 1. The molecule has 6 heteroatoms. The lowest BCUT2D eigenvalue weighted by Gasteiger charge is -2.27. The molecular formula is C10H11BrN2O3. The average Bonchev–Trinajstić information content (AvgIpc) is 2.17. The first kappa shape index (κ1) is 11.5. The maximum Gasteiger partial charge on any atom is 0.270 e. The molecule has 1 saturated heterocycles. The highest BCUT2D eigenvalue weighted by Gasteiger charge is 2.17. The minimum Gasteiger partial charge on any atom is -0.371 e.